The van der Waals surface area contributed by atoms with E-state index in [1.807, 2.05) is 13.8 Å². The molecule has 0 aromatic heterocycles. The van der Waals surface area contributed by atoms with Crippen LogP contribution in [0.3, 0.4) is 0 Å². The van der Waals surface area contributed by atoms with E-state index in [4.69, 9.17) is 0 Å². The lowest BCUT2D eigenvalue weighted by molar-refractivity contribution is 0.0715. The van der Waals surface area contributed by atoms with Gasteiger partial charge in [0.25, 0.3) is 0 Å². The molecule has 0 saturated heterocycles. The number of aliphatic hydroxyl groups is 1. The van der Waals surface area contributed by atoms with Gasteiger partial charge in [0.05, 0.1) is 5.60 Å². The number of hydrogen-bond acceptors (Lipinski definition) is 2. The SMILES string of the molecule is CCC(NCC(C)(C)O)C1CCCCC1. The molecule has 0 bridgehead atoms. The maximum absolute atomic E-state index is 9.70. The fourth-order valence-corrected chi connectivity index (χ4v) is 2.56. The van der Waals surface area contributed by atoms with Gasteiger partial charge >= 0.3 is 0 Å². The lowest BCUT2D eigenvalue weighted by Crippen LogP contribution is -2.44. The van der Waals surface area contributed by atoms with Crippen molar-refractivity contribution in [2.45, 2.75) is 70.9 Å². The summed E-state index contributed by atoms with van der Waals surface area (Å²) in [7, 11) is 0. The summed E-state index contributed by atoms with van der Waals surface area (Å²) in [6, 6.07) is 0.608. The summed E-state index contributed by atoms with van der Waals surface area (Å²) in [5.41, 5.74) is -0.581. The van der Waals surface area contributed by atoms with E-state index < -0.39 is 5.60 Å². The quantitative estimate of drug-likeness (QED) is 0.736. The molecular formula is C13H27NO. The molecule has 0 spiro atoms. The number of rotatable bonds is 5. The molecule has 1 fully saturated rings. The zero-order chi connectivity index (χ0) is 11.3. The van der Waals surface area contributed by atoms with Gasteiger partial charge < -0.3 is 10.4 Å². The second-order valence-electron chi connectivity index (χ2n) is 5.61. The average Bonchev–Trinajstić information content (AvgIpc) is 2.19. The van der Waals surface area contributed by atoms with Crippen molar-refractivity contribution in [3.8, 4) is 0 Å². The van der Waals surface area contributed by atoms with Crippen LogP contribution < -0.4 is 5.32 Å². The van der Waals surface area contributed by atoms with E-state index in [1.54, 1.807) is 0 Å². The molecule has 2 nitrogen and oxygen atoms in total. The van der Waals surface area contributed by atoms with Crippen LogP contribution in [0.25, 0.3) is 0 Å². The van der Waals surface area contributed by atoms with Crippen molar-refractivity contribution in [3.63, 3.8) is 0 Å². The highest BCUT2D eigenvalue weighted by Gasteiger charge is 2.23. The third-order valence-corrected chi connectivity index (χ3v) is 3.46. The third-order valence-electron chi connectivity index (χ3n) is 3.46. The van der Waals surface area contributed by atoms with Gasteiger partial charge in [-0.3, -0.25) is 0 Å². The third kappa shape index (κ3) is 4.98. The standard InChI is InChI=1S/C13H27NO/c1-4-12(14-10-13(2,3)15)11-8-6-5-7-9-11/h11-12,14-15H,4-10H2,1-3H3. The topological polar surface area (TPSA) is 32.3 Å². The molecule has 0 heterocycles. The second kappa shape index (κ2) is 5.86. The predicted molar refractivity (Wildman–Crippen MR) is 65.0 cm³/mol. The highest BCUT2D eigenvalue weighted by molar-refractivity contribution is 4.81. The van der Waals surface area contributed by atoms with Crippen molar-refractivity contribution >= 4 is 0 Å². The molecule has 2 N–H and O–H groups in total. The van der Waals surface area contributed by atoms with Crippen LogP contribution in [0, 0.1) is 5.92 Å². The van der Waals surface area contributed by atoms with E-state index in [0.29, 0.717) is 12.6 Å². The molecule has 1 saturated carbocycles. The molecule has 0 radical (unpaired) electrons. The summed E-state index contributed by atoms with van der Waals surface area (Å²) in [5, 5.41) is 13.2. The Morgan fingerprint density at radius 1 is 1.27 bits per heavy atom. The first-order valence-electron chi connectivity index (χ1n) is 6.48. The molecule has 1 aliphatic carbocycles. The van der Waals surface area contributed by atoms with Crippen LogP contribution in [0.1, 0.15) is 59.3 Å². The van der Waals surface area contributed by atoms with E-state index in [1.165, 1.54) is 38.5 Å². The fourth-order valence-electron chi connectivity index (χ4n) is 2.56. The fraction of sp³-hybridized carbons (Fsp3) is 1.00. The van der Waals surface area contributed by atoms with Crippen molar-refractivity contribution in [1.82, 2.24) is 5.32 Å². The Morgan fingerprint density at radius 2 is 1.87 bits per heavy atom. The zero-order valence-corrected chi connectivity index (χ0v) is 10.6. The largest absolute Gasteiger partial charge is 0.389 e. The van der Waals surface area contributed by atoms with Crippen LogP contribution in [0.2, 0.25) is 0 Å². The summed E-state index contributed by atoms with van der Waals surface area (Å²) in [4.78, 5) is 0. The molecule has 15 heavy (non-hydrogen) atoms. The maximum Gasteiger partial charge on any atom is 0.0715 e. The highest BCUT2D eigenvalue weighted by Crippen LogP contribution is 2.27. The minimum Gasteiger partial charge on any atom is -0.389 e. The first kappa shape index (κ1) is 13.0. The lowest BCUT2D eigenvalue weighted by Gasteiger charge is -2.32. The molecule has 1 unspecified atom stereocenters. The van der Waals surface area contributed by atoms with Gasteiger partial charge in [-0.25, -0.2) is 0 Å². The van der Waals surface area contributed by atoms with Crippen molar-refractivity contribution < 1.29 is 5.11 Å². The Labute approximate surface area is 94.5 Å². The minimum atomic E-state index is -0.581. The van der Waals surface area contributed by atoms with Gasteiger partial charge in [0.2, 0.25) is 0 Å². The Hall–Kier alpha value is -0.0800. The van der Waals surface area contributed by atoms with Gasteiger partial charge in [-0.05, 0) is 39.0 Å². The highest BCUT2D eigenvalue weighted by atomic mass is 16.3. The van der Waals surface area contributed by atoms with E-state index in [2.05, 4.69) is 12.2 Å². The van der Waals surface area contributed by atoms with Crippen LogP contribution in [0.4, 0.5) is 0 Å². The molecule has 1 aliphatic rings. The molecule has 90 valence electrons. The molecule has 1 atom stereocenters. The molecular weight excluding hydrogens is 186 g/mol. The second-order valence-corrected chi connectivity index (χ2v) is 5.61. The first-order valence-corrected chi connectivity index (χ1v) is 6.48. The lowest BCUT2D eigenvalue weighted by atomic mass is 9.83. The maximum atomic E-state index is 9.70. The zero-order valence-electron chi connectivity index (χ0n) is 10.6. The summed E-state index contributed by atoms with van der Waals surface area (Å²) in [5.74, 6) is 0.839. The van der Waals surface area contributed by atoms with Gasteiger partial charge in [0.15, 0.2) is 0 Å². The summed E-state index contributed by atoms with van der Waals surface area (Å²) in [6.07, 6.45) is 8.13. The Balaban J connectivity index is 2.34. The van der Waals surface area contributed by atoms with Crippen molar-refractivity contribution in [2.24, 2.45) is 5.92 Å². The molecule has 2 heteroatoms. The summed E-state index contributed by atoms with van der Waals surface area (Å²) >= 11 is 0. The number of hydrogen-bond donors (Lipinski definition) is 2. The first-order chi connectivity index (χ1) is 7.03. The normalized spacial score (nSPS) is 21.6. The molecule has 0 amide bonds. The number of nitrogens with one attached hydrogen (secondary N) is 1. The van der Waals surface area contributed by atoms with Gasteiger partial charge in [-0.2, -0.15) is 0 Å². The Morgan fingerprint density at radius 3 is 2.33 bits per heavy atom. The van der Waals surface area contributed by atoms with Gasteiger partial charge in [-0.15, -0.1) is 0 Å². The summed E-state index contributed by atoms with van der Waals surface area (Å²) in [6.45, 7) is 6.69. The molecule has 0 aromatic rings. The van der Waals surface area contributed by atoms with Crippen molar-refractivity contribution in [2.75, 3.05) is 6.54 Å². The van der Waals surface area contributed by atoms with Gasteiger partial charge in [0.1, 0.15) is 0 Å². The monoisotopic (exact) mass is 213 g/mol. The van der Waals surface area contributed by atoms with E-state index in [0.717, 1.165) is 5.92 Å². The Kier molecular flexibility index (Phi) is 5.07. The van der Waals surface area contributed by atoms with Gasteiger partial charge in [-0.1, -0.05) is 26.2 Å². The van der Waals surface area contributed by atoms with Crippen molar-refractivity contribution in [1.29, 1.82) is 0 Å². The van der Waals surface area contributed by atoms with Crippen molar-refractivity contribution in [3.05, 3.63) is 0 Å². The van der Waals surface area contributed by atoms with Crippen LogP contribution in [-0.4, -0.2) is 23.3 Å². The van der Waals surface area contributed by atoms with Crippen LogP contribution in [-0.2, 0) is 0 Å². The van der Waals surface area contributed by atoms with E-state index >= 15 is 0 Å². The van der Waals surface area contributed by atoms with E-state index in [9.17, 15) is 5.11 Å². The van der Waals surface area contributed by atoms with E-state index in [-0.39, 0.29) is 0 Å². The van der Waals surface area contributed by atoms with Crippen LogP contribution in [0.5, 0.6) is 0 Å². The Bertz CT molecular complexity index is 168. The van der Waals surface area contributed by atoms with Gasteiger partial charge in [0, 0.05) is 12.6 Å². The average molecular weight is 213 g/mol. The molecule has 0 aliphatic heterocycles. The summed E-state index contributed by atoms with van der Waals surface area (Å²) < 4.78 is 0. The molecule has 1 rings (SSSR count). The predicted octanol–water partition coefficient (Wildman–Crippen LogP) is 2.71. The smallest absolute Gasteiger partial charge is 0.0715 e. The molecule has 0 aromatic carbocycles. The van der Waals surface area contributed by atoms with Crippen LogP contribution in [0.15, 0.2) is 0 Å². The minimum absolute atomic E-state index is 0.581. The van der Waals surface area contributed by atoms with Crippen LogP contribution >= 0.6 is 0 Å².